The van der Waals surface area contributed by atoms with Crippen molar-refractivity contribution in [2.24, 2.45) is 10.9 Å². The van der Waals surface area contributed by atoms with Gasteiger partial charge in [-0.1, -0.05) is 19.0 Å². The summed E-state index contributed by atoms with van der Waals surface area (Å²) in [5.74, 6) is 0.805. The molecule has 0 spiro atoms. The number of aliphatic hydroxyl groups is 1. The van der Waals surface area contributed by atoms with Crippen molar-refractivity contribution in [3.63, 3.8) is 0 Å². The van der Waals surface area contributed by atoms with Crippen molar-refractivity contribution in [1.82, 2.24) is 4.98 Å². The third-order valence-corrected chi connectivity index (χ3v) is 3.36. The van der Waals surface area contributed by atoms with Crippen molar-refractivity contribution in [2.75, 3.05) is 18.1 Å². The number of hydrogen-bond acceptors (Lipinski definition) is 5. The third kappa shape index (κ3) is 3.84. The van der Waals surface area contributed by atoms with Crippen molar-refractivity contribution in [1.29, 1.82) is 0 Å². The molecular weight excluding hydrogens is 256 g/mol. The molecule has 4 N–H and O–H groups in total. The summed E-state index contributed by atoms with van der Waals surface area (Å²) >= 11 is 0. The zero-order chi connectivity index (χ0) is 15.1. The molecule has 0 aliphatic rings. The van der Waals surface area contributed by atoms with E-state index in [2.05, 4.69) is 28.9 Å². The number of pyridine rings is 1. The zero-order valence-electron chi connectivity index (χ0n) is 12.4. The van der Waals surface area contributed by atoms with Gasteiger partial charge in [-0.05, 0) is 31.9 Å². The Labute approximate surface area is 119 Å². The topological polar surface area (TPSA) is 95.0 Å². The quantitative estimate of drug-likeness (QED) is 0.304. The van der Waals surface area contributed by atoms with Crippen LogP contribution in [0, 0.1) is 6.92 Å². The van der Waals surface area contributed by atoms with Crippen molar-refractivity contribution in [2.45, 2.75) is 39.7 Å². The van der Waals surface area contributed by atoms with Gasteiger partial charge >= 0.3 is 0 Å². The minimum Gasteiger partial charge on any atom is -0.409 e. The monoisotopic (exact) mass is 280 g/mol. The summed E-state index contributed by atoms with van der Waals surface area (Å²) in [6.45, 7) is 6.66. The Hall–Kier alpha value is -1.82. The van der Waals surface area contributed by atoms with Crippen LogP contribution in [0.1, 0.15) is 37.9 Å². The first-order valence-corrected chi connectivity index (χ1v) is 6.91. The molecule has 0 saturated heterocycles. The van der Waals surface area contributed by atoms with Gasteiger partial charge in [0, 0.05) is 23.8 Å². The Morgan fingerprint density at radius 3 is 2.55 bits per heavy atom. The molecule has 1 aromatic rings. The predicted octanol–water partition coefficient (Wildman–Crippen LogP) is 1.47. The van der Waals surface area contributed by atoms with Gasteiger partial charge < -0.3 is 20.9 Å². The SMILES string of the molecule is CCC(CC)N(CCO)c1cc(/C(N)=N/O)cc(C)n1. The van der Waals surface area contributed by atoms with Crippen molar-refractivity contribution < 1.29 is 10.3 Å². The average molecular weight is 280 g/mol. The van der Waals surface area contributed by atoms with E-state index in [1.165, 1.54) is 0 Å². The molecule has 6 heteroatoms. The molecule has 0 aliphatic carbocycles. The van der Waals surface area contributed by atoms with E-state index < -0.39 is 0 Å². The molecule has 0 atom stereocenters. The molecular formula is C14H24N4O2. The molecule has 0 saturated carbocycles. The van der Waals surface area contributed by atoms with E-state index in [1.807, 2.05) is 6.92 Å². The van der Waals surface area contributed by atoms with Crippen LogP contribution < -0.4 is 10.6 Å². The van der Waals surface area contributed by atoms with Crippen LogP contribution in [0.3, 0.4) is 0 Å². The largest absolute Gasteiger partial charge is 0.409 e. The Bertz CT molecular complexity index is 458. The second kappa shape index (κ2) is 7.69. The second-order valence-corrected chi connectivity index (χ2v) is 4.73. The summed E-state index contributed by atoms with van der Waals surface area (Å²) in [6, 6.07) is 3.86. The van der Waals surface area contributed by atoms with Crippen LogP contribution in [0.15, 0.2) is 17.3 Å². The Morgan fingerprint density at radius 2 is 2.05 bits per heavy atom. The van der Waals surface area contributed by atoms with E-state index >= 15 is 0 Å². The van der Waals surface area contributed by atoms with Crippen LogP contribution in [-0.4, -0.2) is 40.3 Å². The number of anilines is 1. The molecule has 1 heterocycles. The normalized spacial score (nSPS) is 11.9. The number of nitrogens with two attached hydrogens (primary N) is 1. The highest BCUT2D eigenvalue weighted by atomic mass is 16.4. The average Bonchev–Trinajstić information content (AvgIpc) is 2.46. The summed E-state index contributed by atoms with van der Waals surface area (Å²) in [5, 5.41) is 21.1. The number of hydrogen-bond donors (Lipinski definition) is 3. The van der Waals surface area contributed by atoms with E-state index in [9.17, 15) is 5.11 Å². The van der Waals surface area contributed by atoms with Crippen LogP contribution >= 0.6 is 0 Å². The Kier molecular flexibility index (Phi) is 6.24. The standard InChI is InChI=1S/C14H24N4O2/c1-4-12(5-2)18(6-7-19)13-9-11(14(15)17-20)8-10(3)16-13/h8-9,12,19-20H,4-7H2,1-3H3,(H2,15,17). The first-order chi connectivity index (χ1) is 9.57. The van der Waals surface area contributed by atoms with E-state index in [0.29, 0.717) is 18.2 Å². The zero-order valence-corrected chi connectivity index (χ0v) is 12.4. The number of aryl methyl sites for hydroxylation is 1. The first-order valence-electron chi connectivity index (χ1n) is 6.91. The highest BCUT2D eigenvalue weighted by molar-refractivity contribution is 5.97. The number of aromatic nitrogens is 1. The molecule has 0 fully saturated rings. The highest BCUT2D eigenvalue weighted by Gasteiger charge is 2.18. The summed E-state index contributed by atoms with van der Waals surface area (Å²) < 4.78 is 0. The molecule has 112 valence electrons. The minimum atomic E-state index is 0.0604. The fraction of sp³-hybridized carbons (Fsp3) is 0.571. The number of aliphatic hydroxyl groups excluding tert-OH is 1. The molecule has 1 aromatic heterocycles. The smallest absolute Gasteiger partial charge is 0.170 e. The maximum Gasteiger partial charge on any atom is 0.170 e. The van der Waals surface area contributed by atoms with Crippen LogP contribution in [0.25, 0.3) is 0 Å². The lowest BCUT2D eigenvalue weighted by molar-refractivity contribution is 0.295. The molecule has 0 unspecified atom stereocenters. The summed E-state index contributed by atoms with van der Waals surface area (Å²) in [4.78, 5) is 6.58. The summed E-state index contributed by atoms with van der Waals surface area (Å²) in [7, 11) is 0. The van der Waals surface area contributed by atoms with Gasteiger partial charge in [0.2, 0.25) is 0 Å². The lowest BCUT2D eigenvalue weighted by Gasteiger charge is -2.31. The number of rotatable bonds is 7. The van der Waals surface area contributed by atoms with Crippen molar-refractivity contribution in [3.8, 4) is 0 Å². The van der Waals surface area contributed by atoms with Gasteiger partial charge in [0.1, 0.15) is 5.82 Å². The molecule has 0 bridgehead atoms. The van der Waals surface area contributed by atoms with Gasteiger partial charge in [0.05, 0.1) is 6.61 Å². The van der Waals surface area contributed by atoms with Crippen LogP contribution in [0.5, 0.6) is 0 Å². The van der Waals surface area contributed by atoms with Gasteiger partial charge in [-0.2, -0.15) is 0 Å². The number of oxime groups is 1. The summed E-state index contributed by atoms with van der Waals surface area (Å²) in [6.07, 6.45) is 1.93. The Balaban J connectivity index is 3.22. The predicted molar refractivity (Wildman–Crippen MR) is 80.3 cm³/mol. The van der Waals surface area contributed by atoms with Gasteiger partial charge in [0.15, 0.2) is 5.84 Å². The van der Waals surface area contributed by atoms with Crippen LogP contribution in [0.4, 0.5) is 5.82 Å². The molecule has 0 amide bonds. The van der Waals surface area contributed by atoms with Gasteiger partial charge in [0.25, 0.3) is 0 Å². The molecule has 0 radical (unpaired) electrons. The minimum absolute atomic E-state index is 0.0604. The highest BCUT2D eigenvalue weighted by Crippen LogP contribution is 2.20. The molecule has 20 heavy (non-hydrogen) atoms. The van der Waals surface area contributed by atoms with E-state index in [4.69, 9.17) is 10.9 Å². The maximum absolute atomic E-state index is 9.27. The number of amidine groups is 1. The fourth-order valence-electron chi connectivity index (χ4n) is 2.33. The van der Waals surface area contributed by atoms with Crippen molar-refractivity contribution >= 4 is 11.7 Å². The number of nitrogens with zero attached hydrogens (tertiary/aromatic N) is 3. The van der Waals surface area contributed by atoms with E-state index in [0.717, 1.165) is 24.4 Å². The van der Waals surface area contributed by atoms with Crippen LogP contribution in [-0.2, 0) is 0 Å². The first kappa shape index (κ1) is 16.2. The van der Waals surface area contributed by atoms with Gasteiger partial charge in [-0.25, -0.2) is 4.98 Å². The van der Waals surface area contributed by atoms with Crippen molar-refractivity contribution in [3.05, 3.63) is 23.4 Å². The molecule has 1 rings (SSSR count). The second-order valence-electron chi connectivity index (χ2n) is 4.73. The van der Waals surface area contributed by atoms with Gasteiger partial charge in [-0.3, -0.25) is 0 Å². The molecule has 0 aromatic carbocycles. The van der Waals surface area contributed by atoms with E-state index in [1.54, 1.807) is 12.1 Å². The van der Waals surface area contributed by atoms with Gasteiger partial charge in [-0.15, -0.1) is 0 Å². The Morgan fingerprint density at radius 1 is 1.40 bits per heavy atom. The lowest BCUT2D eigenvalue weighted by Crippen LogP contribution is -2.37. The lowest BCUT2D eigenvalue weighted by atomic mass is 10.1. The molecule has 0 aliphatic heterocycles. The van der Waals surface area contributed by atoms with E-state index in [-0.39, 0.29) is 12.4 Å². The summed E-state index contributed by atoms with van der Waals surface area (Å²) in [5.41, 5.74) is 7.07. The third-order valence-electron chi connectivity index (χ3n) is 3.36. The maximum atomic E-state index is 9.27. The fourth-order valence-corrected chi connectivity index (χ4v) is 2.33. The molecule has 6 nitrogen and oxygen atoms in total. The van der Waals surface area contributed by atoms with Crippen LogP contribution in [0.2, 0.25) is 0 Å².